The van der Waals surface area contributed by atoms with Crippen molar-refractivity contribution in [2.75, 3.05) is 11.5 Å². The Labute approximate surface area is 219 Å². The molecule has 0 aliphatic carbocycles. The molecule has 0 saturated carbocycles. The summed E-state index contributed by atoms with van der Waals surface area (Å²) in [5.41, 5.74) is 4.12. The van der Waals surface area contributed by atoms with E-state index in [1.54, 1.807) is 17.0 Å². The Balaban J connectivity index is 1.55. The van der Waals surface area contributed by atoms with E-state index < -0.39 is 40.5 Å². The van der Waals surface area contributed by atoms with Crippen LogP contribution in [0.15, 0.2) is 52.4 Å². The third-order valence-electron chi connectivity index (χ3n) is 5.82. The lowest BCUT2D eigenvalue weighted by Crippen LogP contribution is -2.63. The number of amides is 1. The standard InChI is InChI=1S/C23H23N5O7S2/c1-23(2,21(33)34)35-26-16(14-11-37-22(24)25-14)15(29)8-13-18(30)28-17(20(31)32)12(10-36-19(13)28)9-27-6-4-3-5-7-27/h3-7,11,13,19H,8-10H2,1-2H3,(H3-,24,25,31,32,33,34)/b26-16-. The van der Waals surface area contributed by atoms with Gasteiger partial charge in [-0.1, -0.05) is 11.2 Å². The third-order valence-corrected chi connectivity index (χ3v) is 7.89. The van der Waals surface area contributed by atoms with E-state index in [2.05, 4.69) is 10.1 Å². The summed E-state index contributed by atoms with van der Waals surface area (Å²) in [6.45, 7) is 2.80. The number of carbonyl (C=O) groups excluding carboxylic acids is 3. The predicted octanol–water partition coefficient (Wildman–Crippen LogP) is -0.209. The fourth-order valence-electron chi connectivity index (χ4n) is 3.82. The molecule has 12 nitrogen and oxygen atoms in total. The lowest BCUT2D eigenvalue weighted by molar-refractivity contribution is -0.689. The third kappa shape index (κ3) is 5.34. The van der Waals surface area contributed by atoms with Gasteiger partial charge in [-0.05, 0) is 13.8 Å². The lowest BCUT2D eigenvalue weighted by atomic mass is 9.89. The molecule has 1 saturated heterocycles. The SMILES string of the molecule is CC(C)(O/N=C(\C(=O)CC1C(=O)N2C(C(=O)[O-])=C(C[n+]3ccccc3)CSC12)c1csc(N)n1)C(=O)O. The molecule has 1 fully saturated rings. The first-order chi connectivity index (χ1) is 17.5. The molecule has 0 spiro atoms. The molecule has 194 valence electrons. The number of nitrogen functional groups attached to an aromatic ring is 1. The minimum Gasteiger partial charge on any atom is -0.543 e. The number of Topliss-reactive ketones (excluding diaryl/α,β-unsaturated/α-hetero) is 1. The Morgan fingerprint density at radius 2 is 2.03 bits per heavy atom. The van der Waals surface area contributed by atoms with Gasteiger partial charge >= 0.3 is 5.97 Å². The summed E-state index contributed by atoms with van der Waals surface area (Å²) in [6, 6.07) is 5.46. The van der Waals surface area contributed by atoms with Crippen molar-refractivity contribution in [3.8, 4) is 0 Å². The molecule has 2 aliphatic heterocycles. The molecule has 2 aromatic heterocycles. The molecule has 0 radical (unpaired) electrons. The molecule has 0 aromatic carbocycles. The van der Waals surface area contributed by atoms with Crippen molar-refractivity contribution in [1.82, 2.24) is 9.88 Å². The van der Waals surface area contributed by atoms with Gasteiger partial charge in [-0.15, -0.1) is 23.1 Å². The van der Waals surface area contributed by atoms with Crippen LogP contribution in [-0.4, -0.2) is 61.1 Å². The fourth-order valence-corrected chi connectivity index (χ4v) is 5.77. The molecule has 2 aliphatic rings. The molecule has 3 N–H and O–H groups in total. The number of nitrogens with two attached hydrogens (primary N) is 1. The van der Waals surface area contributed by atoms with Gasteiger partial charge in [0.05, 0.1) is 23.0 Å². The van der Waals surface area contributed by atoms with Crippen LogP contribution in [-0.2, 0) is 30.6 Å². The van der Waals surface area contributed by atoms with Crippen LogP contribution >= 0.6 is 23.1 Å². The first-order valence-corrected chi connectivity index (χ1v) is 13.0. The number of nitrogens with zero attached hydrogens (tertiary/aromatic N) is 4. The first kappa shape index (κ1) is 26.3. The summed E-state index contributed by atoms with van der Waals surface area (Å²) in [7, 11) is 0. The Morgan fingerprint density at radius 3 is 2.62 bits per heavy atom. The predicted molar refractivity (Wildman–Crippen MR) is 131 cm³/mol. The zero-order valence-electron chi connectivity index (χ0n) is 19.8. The van der Waals surface area contributed by atoms with Gasteiger partial charge in [0.15, 0.2) is 35.6 Å². The van der Waals surface area contributed by atoms with Crippen LogP contribution in [0.1, 0.15) is 26.0 Å². The van der Waals surface area contributed by atoms with Crippen molar-refractivity contribution >= 4 is 57.6 Å². The van der Waals surface area contributed by atoms with E-state index in [9.17, 15) is 29.4 Å². The topological polar surface area (TPSA) is 179 Å². The molecule has 14 heteroatoms. The molecular weight excluding hydrogens is 522 g/mol. The second kappa shape index (κ2) is 10.3. The summed E-state index contributed by atoms with van der Waals surface area (Å²) in [5.74, 6) is -4.37. The number of pyridine rings is 1. The molecule has 0 bridgehead atoms. The zero-order chi connectivity index (χ0) is 26.9. The summed E-state index contributed by atoms with van der Waals surface area (Å²) in [6.07, 6.45) is 3.27. The number of ketones is 1. The van der Waals surface area contributed by atoms with Crippen LogP contribution in [0, 0.1) is 5.92 Å². The second-order valence-electron chi connectivity index (χ2n) is 8.85. The van der Waals surface area contributed by atoms with Gasteiger partial charge in [-0.2, -0.15) is 0 Å². The fraction of sp³-hybridized carbons (Fsp3) is 0.348. The van der Waals surface area contributed by atoms with Crippen LogP contribution in [0.3, 0.4) is 0 Å². The van der Waals surface area contributed by atoms with Gasteiger partial charge in [-0.25, -0.2) is 14.3 Å². The maximum Gasteiger partial charge on any atom is 0.350 e. The first-order valence-electron chi connectivity index (χ1n) is 11.1. The van der Waals surface area contributed by atoms with E-state index in [0.717, 1.165) is 11.3 Å². The molecule has 2 unspecified atom stereocenters. The van der Waals surface area contributed by atoms with Gasteiger partial charge in [0.2, 0.25) is 11.5 Å². The lowest BCUT2D eigenvalue weighted by Gasteiger charge is -2.50. The number of thioether (sulfide) groups is 1. The number of carbonyl (C=O) groups is 4. The number of hydrogen-bond acceptors (Lipinski definition) is 11. The van der Waals surface area contributed by atoms with Crippen LogP contribution in [0.25, 0.3) is 0 Å². The average molecular weight is 546 g/mol. The highest BCUT2D eigenvalue weighted by Crippen LogP contribution is 2.45. The minimum atomic E-state index is -1.73. The van der Waals surface area contributed by atoms with Crippen molar-refractivity contribution < 1.29 is 38.8 Å². The van der Waals surface area contributed by atoms with Gasteiger partial charge < -0.3 is 25.6 Å². The van der Waals surface area contributed by atoms with Crippen LogP contribution in [0.5, 0.6) is 0 Å². The number of thiazole rings is 1. The molecule has 37 heavy (non-hydrogen) atoms. The smallest absolute Gasteiger partial charge is 0.350 e. The van der Waals surface area contributed by atoms with Crippen molar-refractivity contribution in [2.45, 2.75) is 37.8 Å². The zero-order valence-corrected chi connectivity index (χ0v) is 21.5. The number of carboxylic acid groups (broad SMARTS) is 2. The van der Waals surface area contributed by atoms with Crippen molar-refractivity contribution in [2.24, 2.45) is 11.1 Å². The van der Waals surface area contributed by atoms with Crippen molar-refractivity contribution in [3.05, 3.63) is 52.9 Å². The molecule has 2 atom stereocenters. The number of hydrogen-bond donors (Lipinski definition) is 2. The number of aromatic nitrogens is 2. The summed E-state index contributed by atoms with van der Waals surface area (Å²) in [4.78, 5) is 60.0. The maximum atomic E-state index is 13.2. The van der Waals surface area contributed by atoms with Crippen LogP contribution in [0.4, 0.5) is 5.13 Å². The number of oxime groups is 1. The largest absolute Gasteiger partial charge is 0.543 e. The number of β-lactam (4-membered cyclic amide) rings is 1. The van der Waals surface area contributed by atoms with Gasteiger partial charge in [0.1, 0.15) is 5.69 Å². The van der Waals surface area contributed by atoms with E-state index in [1.807, 2.05) is 18.2 Å². The summed E-state index contributed by atoms with van der Waals surface area (Å²) < 4.78 is 1.80. The molecule has 1 amide bonds. The Morgan fingerprint density at radius 1 is 1.32 bits per heavy atom. The highest BCUT2D eigenvalue weighted by molar-refractivity contribution is 8.00. The Bertz CT molecular complexity index is 1320. The normalized spacial score (nSPS) is 19.8. The molecule has 2 aromatic rings. The second-order valence-corrected chi connectivity index (χ2v) is 10.8. The highest BCUT2D eigenvalue weighted by atomic mass is 32.2. The minimum absolute atomic E-state index is 0.0890. The maximum absolute atomic E-state index is 13.2. The molecule has 4 rings (SSSR count). The van der Waals surface area contributed by atoms with E-state index in [-0.39, 0.29) is 35.2 Å². The average Bonchev–Trinajstić information content (AvgIpc) is 3.28. The van der Waals surface area contributed by atoms with Crippen molar-refractivity contribution in [1.29, 1.82) is 0 Å². The van der Waals surface area contributed by atoms with E-state index in [0.29, 0.717) is 11.3 Å². The molecule has 4 heterocycles. The number of anilines is 1. The number of rotatable bonds is 10. The van der Waals surface area contributed by atoms with Crippen LogP contribution < -0.4 is 15.4 Å². The number of carboxylic acids is 2. The summed E-state index contributed by atoms with van der Waals surface area (Å²) >= 11 is 2.41. The Hall–Kier alpha value is -3.78. The quantitative estimate of drug-likeness (QED) is 0.176. The molecular formula is C23H23N5O7S2. The van der Waals surface area contributed by atoms with E-state index in [4.69, 9.17) is 10.6 Å². The summed E-state index contributed by atoms with van der Waals surface area (Å²) in [5, 5.41) is 26.1. The monoisotopic (exact) mass is 545 g/mol. The Kier molecular flexibility index (Phi) is 7.32. The van der Waals surface area contributed by atoms with Crippen LogP contribution in [0.2, 0.25) is 0 Å². The van der Waals surface area contributed by atoms with Gasteiger partial charge in [0, 0.05) is 35.3 Å². The van der Waals surface area contributed by atoms with Crippen molar-refractivity contribution in [3.63, 3.8) is 0 Å². The highest BCUT2D eigenvalue weighted by Gasteiger charge is 2.53. The van der Waals surface area contributed by atoms with Gasteiger partial charge in [0.25, 0.3) is 0 Å². The number of fused-ring (bicyclic) bond motifs is 1. The van der Waals surface area contributed by atoms with Gasteiger partial charge in [-0.3, -0.25) is 14.5 Å². The van der Waals surface area contributed by atoms with E-state index in [1.165, 1.54) is 35.9 Å². The van der Waals surface area contributed by atoms with E-state index >= 15 is 0 Å². The number of aliphatic carboxylic acids is 2.